The smallest absolute Gasteiger partial charge is 0.257 e. The number of pyridine rings is 1. The third-order valence-electron chi connectivity index (χ3n) is 4.01. The predicted molar refractivity (Wildman–Crippen MR) is 100 cm³/mol. The van der Waals surface area contributed by atoms with Crippen LogP contribution < -0.4 is 4.74 Å². The Morgan fingerprint density at radius 3 is 2.64 bits per heavy atom. The Balaban J connectivity index is 1.73. The Kier molecular flexibility index (Phi) is 5.95. The van der Waals surface area contributed by atoms with Gasteiger partial charge in [0.25, 0.3) is 5.91 Å². The van der Waals surface area contributed by atoms with Crippen molar-refractivity contribution in [3.05, 3.63) is 56.2 Å². The summed E-state index contributed by atoms with van der Waals surface area (Å²) in [6, 6.07) is 6.40. The van der Waals surface area contributed by atoms with Gasteiger partial charge in [0.15, 0.2) is 5.75 Å². The maximum atomic E-state index is 12.7. The topological polar surface area (TPSA) is 42.4 Å². The van der Waals surface area contributed by atoms with Crippen LogP contribution in [0, 0.1) is 0 Å². The summed E-state index contributed by atoms with van der Waals surface area (Å²) in [7, 11) is 0. The first-order valence-corrected chi connectivity index (χ1v) is 9.17. The van der Waals surface area contributed by atoms with Gasteiger partial charge < -0.3 is 9.64 Å². The van der Waals surface area contributed by atoms with Crippen LogP contribution >= 0.6 is 46.4 Å². The number of hydrogen-bond donors (Lipinski definition) is 0. The van der Waals surface area contributed by atoms with Crippen molar-refractivity contribution < 1.29 is 9.53 Å². The van der Waals surface area contributed by atoms with Gasteiger partial charge in [-0.1, -0.05) is 46.4 Å². The molecule has 132 valence electrons. The summed E-state index contributed by atoms with van der Waals surface area (Å²) in [6.07, 6.45) is 3.26. The molecule has 1 unspecified atom stereocenters. The highest BCUT2D eigenvalue weighted by molar-refractivity contribution is 6.40. The summed E-state index contributed by atoms with van der Waals surface area (Å²) in [5.74, 6) is 0.212. The van der Waals surface area contributed by atoms with Gasteiger partial charge in [0.2, 0.25) is 0 Å². The second-order valence-corrected chi connectivity index (χ2v) is 7.25. The summed E-state index contributed by atoms with van der Waals surface area (Å²) in [6.45, 7) is 0.921. The fourth-order valence-electron chi connectivity index (χ4n) is 2.82. The second kappa shape index (κ2) is 8.00. The van der Waals surface area contributed by atoms with Crippen LogP contribution in [-0.4, -0.2) is 35.0 Å². The number of aromatic nitrogens is 1. The predicted octanol–water partition coefficient (Wildman–Crippen LogP) is 5.38. The highest BCUT2D eigenvalue weighted by atomic mass is 35.5. The molecule has 0 radical (unpaired) electrons. The van der Waals surface area contributed by atoms with Crippen LogP contribution in [0.15, 0.2) is 30.5 Å². The van der Waals surface area contributed by atoms with Crippen molar-refractivity contribution in [2.75, 3.05) is 13.2 Å². The summed E-state index contributed by atoms with van der Waals surface area (Å²) >= 11 is 24.2. The molecule has 3 rings (SSSR count). The molecule has 8 heteroatoms. The van der Waals surface area contributed by atoms with E-state index in [1.807, 2.05) is 0 Å². The first-order valence-electron chi connectivity index (χ1n) is 7.66. The molecule has 2 heterocycles. The van der Waals surface area contributed by atoms with E-state index in [2.05, 4.69) is 4.98 Å². The Hall–Kier alpha value is -1.20. The van der Waals surface area contributed by atoms with Gasteiger partial charge in [-0.15, -0.1) is 0 Å². The van der Waals surface area contributed by atoms with E-state index in [4.69, 9.17) is 51.1 Å². The molecule has 1 saturated heterocycles. The van der Waals surface area contributed by atoms with Gasteiger partial charge in [0.1, 0.15) is 11.8 Å². The van der Waals surface area contributed by atoms with Crippen molar-refractivity contribution in [1.82, 2.24) is 9.88 Å². The Labute approximate surface area is 165 Å². The summed E-state index contributed by atoms with van der Waals surface area (Å²) in [5.41, 5.74) is 0.388. The SMILES string of the molecule is O=C(c1cccnc1Cl)N1CCCC1COc1c(Cl)cc(Cl)cc1Cl. The number of rotatable bonds is 4. The maximum absolute atomic E-state index is 12.7. The lowest BCUT2D eigenvalue weighted by Gasteiger charge is -2.25. The number of amides is 1. The van der Waals surface area contributed by atoms with Crippen LogP contribution in [0.2, 0.25) is 20.2 Å². The van der Waals surface area contributed by atoms with Crippen molar-refractivity contribution in [3.63, 3.8) is 0 Å². The summed E-state index contributed by atoms with van der Waals surface area (Å²) in [4.78, 5) is 18.5. The first-order chi connectivity index (χ1) is 12.0. The average molecular weight is 420 g/mol. The number of halogens is 4. The number of ether oxygens (including phenoxy) is 1. The lowest BCUT2D eigenvalue weighted by molar-refractivity contribution is 0.0691. The van der Waals surface area contributed by atoms with Gasteiger partial charge in [-0.05, 0) is 37.1 Å². The normalized spacial score (nSPS) is 17.0. The standard InChI is InChI=1S/C17H14Cl4N2O2/c18-10-7-13(19)15(14(20)8-10)25-9-11-3-2-6-23(11)17(24)12-4-1-5-22-16(12)21/h1,4-5,7-8,11H,2-3,6,9H2. The highest BCUT2D eigenvalue weighted by Gasteiger charge is 2.31. The molecule has 1 aromatic carbocycles. The van der Waals surface area contributed by atoms with Crippen LogP contribution in [0.3, 0.4) is 0 Å². The number of likely N-dealkylation sites (tertiary alicyclic amines) is 1. The van der Waals surface area contributed by atoms with Crippen LogP contribution in [0.1, 0.15) is 23.2 Å². The fraction of sp³-hybridized carbons (Fsp3) is 0.294. The van der Waals surface area contributed by atoms with E-state index in [1.54, 1.807) is 35.4 Å². The molecule has 1 aliphatic heterocycles. The maximum Gasteiger partial charge on any atom is 0.257 e. The molecule has 0 bridgehead atoms. The zero-order valence-corrected chi connectivity index (χ0v) is 16.0. The van der Waals surface area contributed by atoms with E-state index in [0.717, 1.165) is 12.8 Å². The molecule has 1 fully saturated rings. The molecule has 4 nitrogen and oxygen atoms in total. The molecule has 2 aromatic rings. The molecule has 0 aliphatic carbocycles. The van der Waals surface area contributed by atoms with Gasteiger partial charge in [-0.3, -0.25) is 4.79 Å². The van der Waals surface area contributed by atoms with Crippen molar-refractivity contribution in [2.45, 2.75) is 18.9 Å². The summed E-state index contributed by atoms with van der Waals surface area (Å²) in [5, 5.41) is 1.31. The molecule has 1 aliphatic rings. The van der Waals surface area contributed by atoms with Gasteiger partial charge in [-0.2, -0.15) is 0 Å². The van der Waals surface area contributed by atoms with E-state index in [1.165, 1.54) is 0 Å². The number of benzene rings is 1. The van der Waals surface area contributed by atoms with E-state index in [9.17, 15) is 4.79 Å². The molecule has 25 heavy (non-hydrogen) atoms. The minimum Gasteiger partial charge on any atom is -0.488 e. The minimum atomic E-state index is -0.155. The Bertz CT molecular complexity index is 777. The monoisotopic (exact) mass is 418 g/mol. The zero-order valence-electron chi connectivity index (χ0n) is 13.0. The molecule has 1 amide bonds. The minimum absolute atomic E-state index is 0.0911. The number of carbonyl (C=O) groups excluding carboxylic acids is 1. The Morgan fingerprint density at radius 2 is 1.96 bits per heavy atom. The van der Waals surface area contributed by atoms with E-state index in [-0.39, 0.29) is 23.7 Å². The van der Waals surface area contributed by atoms with E-state index in [0.29, 0.717) is 32.9 Å². The lowest BCUT2D eigenvalue weighted by Crippen LogP contribution is -2.39. The third-order valence-corrected chi connectivity index (χ3v) is 5.09. The van der Waals surface area contributed by atoms with Gasteiger partial charge in [0.05, 0.1) is 21.7 Å². The number of hydrogen-bond acceptors (Lipinski definition) is 3. The molecule has 1 aromatic heterocycles. The molecule has 1 atom stereocenters. The van der Waals surface area contributed by atoms with Crippen LogP contribution in [0.4, 0.5) is 0 Å². The number of carbonyl (C=O) groups is 1. The molecular formula is C17H14Cl4N2O2. The van der Waals surface area contributed by atoms with E-state index >= 15 is 0 Å². The lowest BCUT2D eigenvalue weighted by atomic mass is 10.2. The van der Waals surface area contributed by atoms with Crippen molar-refractivity contribution in [3.8, 4) is 5.75 Å². The second-order valence-electron chi connectivity index (χ2n) is 5.65. The first kappa shape index (κ1) is 18.6. The zero-order chi connectivity index (χ0) is 18.0. The largest absolute Gasteiger partial charge is 0.488 e. The van der Waals surface area contributed by atoms with Gasteiger partial charge in [0, 0.05) is 17.8 Å². The number of nitrogens with zero attached hydrogens (tertiary/aromatic N) is 2. The van der Waals surface area contributed by atoms with Crippen molar-refractivity contribution in [2.24, 2.45) is 0 Å². The quantitative estimate of drug-likeness (QED) is 0.624. The van der Waals surface area contributed by atoms with Crippen molar-refractivity contribution >= 4 is 52.3 Å². The third kappa shape index (κ3) is 4.14. The Morgan fingerprint density at radius 1 is 1.24 bits per heavy atom. The van der Waals surface area contributed by atoms with Crippen LogP contribution in [-0.2, 0) is 0 Å². The summed E-state index contributed by atoms with van der Waals surface area (Å²) < 4.78 is 5.79. The molecule has 0 N–H and O–H groups in total. The van der Waals surface area contributed by atoms with Gasteiger partial charge >= 0.3 is 0 Å². The van der Waals surface area contributed by atoms with Crippen LogP contribution in [0.5, 0.6) is 5.75 Å². The van der Waals surface area contributed by atoms with Gasteiger partial charge in [-0.25, -0.2) is 4.98 Å². The van der Waals surface area contributed by atoms with E-state index < -0.39 is 0 Å². The molecule has 0 saturated carbocycles. The molecular weight excluding hydrogens is 406 g/mol. The highest BCUT2D eigenvalue weighted by Crippen LogP contribution is 2.36. The average Bonchev–Trinajstić information content (AvgIpc) is 3.02. The fourth-order valence-corrected chi connectivity index (χ4v) is 3.95. The molecule has 0 spiro atoms. The van der Waals surface area contributed by atoms with Crippen LogP contribution in [0.25, 0.3) is 0 Å². The van der Waals surface area contributed by atoms with Crippen molar-refractivity contribution in [1.29, 1.82) is 0 Å².